The van der Waals surface area contributed by atoms with Crippen molar-refractivity contribution in [2.24, 2.45) is 0 Å². The second-order valence-corrected chi connectivity index (χ2v) is 10.7. The van der Waals surface area contributed by atoms with E-state index in [0.29, 0.717) is 0 Å². The summed E-state index contributed by atoms with van der Waals surface area (Å²) in [7, 11) is 0. The third-order valence-electron chi connectivity index (χ3n) is 6.16. The van der Waals surface area contributed by atoms with Crippen LogP contribution in [0.3, 0.4) is 0 Å². The van der Waals surface area contributed by atoms with Crippen molar-refractivity contribution in [3.8, 4) is 0 Å². The van der Waals surface area contributed by atoms with Gasteiger partial charge in [0.2, 0.25) is 0 Å². The van der Waals surface area contributed by atoms with E-state index in [0.717, 1.165) is 23.1 Å². The lowest BCUT2D eigenvalue weighted by Gasteiger charge is -2.22. The van der Waals surface area contributed by atoms with Gasteiger partial charge >= 0.3 is 0 Å². The second-order valence-electron chi connectivity index (χ2n) is 10.7. The Bertz CT molecular complexity index is 1140. The summed E-state index contributed by atoms with van der Waals surface area (Å²) in [4.78, 5) is 10.9. The summed E-state index contributed by atoms with van der Waals surface area (Å²) in [5.41, 5.74) is 8.49. The highest BCUT2D eigenvalue weighted by molar-refractivity contribution is 5.98. The molecule has 0 saturated heterocycles. The van der Waals surface area contributed by atoms with E-state index in [1.807, 2.05) is 12.1 Å². The van der Waals surface area contributed by atoms with Crippen LogP contribution in [-0.4, -0.2) is 4.92 Å². The molecule has 0 unspecified atom stereocenters. The summed E-state index contributed by atoms with van der Waals surface area (Å²) < 4.78 is 0. The standard InChI is InChI=1S/C30H35NO2/c1-8-27(21-9-15-24(16-10-21)29(2,3)4)28(23-13-19-26(20-14-23)31(32)33)22-11-17-25(18-12-22)30(5,6)7/h9-20H,8H2,1-7H3/b28-27+. The van der Waals surface area contributed by atoms with E-state index in [1.165, 1.54) is 22.3 Å². The van der Waals surface area contributed by atoms with Crippen molar-refractivity contribution in [3.63, 3.8) is 0 Å². The minimum atomic E-state index is -0.350. The zero-order chi connectivity index (χ0) is 24.4. The van der Waals surface area contributed by atoms with Gasteiger partial charge in [-0.05, 0) is 68.3 Å². The topological polar surface area (TPSA) is 43.1 Å². The van der Waals surface area contributed by atoms with Crippen LogP contribution in [0.5, 0.6) is 0 Å². The quantitative estimate of drug-likeness (QED) is 0.226. The number of non-ortho nitro benzene ring substituents is 1. The molecule has 3 aromatic carbocycles. The van der Waals surface area contributed by atoms with Crippen LogP contribution in [0.15, 0.2) is 72.8 Å². The van der Waals surface area contributed by atoms with E-state index in [1.54, 1.807) is 12.1 Å². The fourth-order valence-corrected chi connectivity index (χ4v) is 4.10. The van der Waals surface area contributed by atoms with Gasteiger partial charge < -0.3 is 0 Å². The molecule has 0 bridgehead atoms. The number of hydrogen-bond donors (Lipinski definition) is 0. The predicted octanol–water partition coefficient (Wildman–Crippen LogP) is 8.56. The van der Waals surface area contributed by atoms with Crippen LogP contribution in [-0.2, 0) is 10.8 Å². The molecule has 0 aliphatic rings. The molecule has 0 fully saturated rings. The normalized spacial score (nSPS) is 12.9. The molecular weight excluding hydrogens is 406 g/mol. The molecule has 0 aromatic heterocycles. The van der Waals surface area contributed by atoms with E-state index in [2.05, 4.69) is 97.0 Å². The number of nitro benzene ring substituents is 1. The maximum absolute atomic E-state index is 11.2. The molecule has 0 aliphatic heterocycles. The van der Waals surface area contributed by atoms with Gasteiger partial charge in [-0.25, -0.2) is 0 Å². The second kappa shape index (κ2) is 9.35. The Morgan fingerprint density at radius 2 is 1.03 bits per heavy atom. The lowest BCUT2D eigenvalue weighted by molar-refractivity contribution is -0.384. The monoisotopic (exact) mass is 441 g/mol. The molecule has 0 atom stereocenters. The van der Waals surface area contributed by atoms with Gasteiger partial charge in [-0.15, -0.1) is 0 Å². The third-order valence-corrected chi connectivity index (χ3v) is 6.16. The maximum Gasteiger partial charge on any atom is 0.269 e. The van der Waals surface area contributed by atoms with Gasteiger partial charge in [-0.1, -0.05) is 97.0 Å². The zero-order valence-corrected chi connectivity index (χ0v) is 20.9. The molecule has 3 rings (SSSR count). The Balaban J connectivity index is 2.21. The highest BCUT2D eigenvalue weighted by Gasteiger charge is 2.18. The fraction of sp³-hybridized carbons (Fsp3) is 0.333. The van der Waals surface area contributed by atoms with Crippen LogP contribution in [0.25, 0.3) is 11.1 Å². The SMILES string of the molecule is CC/C(=C(\c1ccc([N+](=O)[O-])cc1)c1ccc(C(C)(C)C)cc1)c1ccc(C(C)(C)C)cc1. The first-order valence-corrected chi connectivity index (χ1v) is 11.6. The molecule has 0 N–H and O–H groups in total. The van der Waals surface area contributed by atoms with Crippen LogP contribution in [0.1, 0.15) is 82.7 Å². The van der Waals surface area contributed by atoms with Gasteiger partial charge in [0.25, 0.3) is 5.69 Å². The van der Waals surface area contributed by atoms with Crippen LogP contribution < -0.4 is 0 Å². The summed E-state index contributed by atoms with van der Waals surface area (Å²) in [6, 6.07) is 24.5. The van der Waals surface area contributed by atoms with E-state index in [-0.39, 0.29) is 21.4 Å². The molecule has 172 valence electrons. The van der Waals surface area contributed by atoms with Crippen LogP contribution in [0, 0.1) is 10.1 Å². The summed E-state index contributed by atoms with van der Waals surface area (Å²) in [6.07, 6.45) is 0.849. The number of nitro groups is 1. The maximum atomic E-state index is 11.2. The Kier molecular flexibility index (Phi) is 6.92. The summed E-state index contributed by atoms with van der Waals surface area (Å²) in [5, 5.41) is 11.2. The molecule has 0 spiro atoms. The highest BCUT2D eigenvalue weighted by Crippen LogP contribution is 2.36. The lowest BCUT2D eigenvalue weighted by Crippen LogP contribution is -2.11. The first-order valence-electron chi connectivity index (χ1n) is 11.6. The van der Waals surface area contributed by atoms with E-state index in [9.17, 15) is 10.1 Å². The van der Waals surface area contributed by atoms with Crippen molar-refractivity contribution in [1.82, 2.24) is 0 Å². The third kappa shape index (κ3) is 5.60. The van der Waals surface area contributed by atoms with Gasteiger partial charge in [0.05, 0.1) is 4.92 Å². The number of benzene rings is 3. The molecule has 3 heteroatoms. The summed E-state index contributed by atoms with van der Waals surface area (Å²) in [6.45, 7) is 15.5. The van der Waals surface area contributed by atoms with Gasteiger partial charge in [0.1, 0.15) is 0 Å². The average Bonchev–Trinajstić information content (AvgIpc) is 2.76. The fourth-order valence-electron chi connectivity index (χ4n) is 4.10. The molecule has 0 radical (unpaired) electrons. The molecule has 0 saturated carbocycles. The molecular formula is C30H35NO2. The van der Waals surface area contributed by atoms with Crippen molar-refractivity contribution in [2.75, 3.05) is 0 Å². The first kappa shape index (κ1) is 24.4. The first-order chi connectivity index (χ1) is 15.4. The molecule has 3 aromatic rings. The van der Waals surface area contributed by atoms with Crippen molar-refractivity contribution in [1.29, 1.82) is 0 Å². The van der Waals surface area contributed by atoms with Crippen molar-refractivity contribution in [3.05, 3.63) is 111 Å². The van der Waals surface area contributed by atoms with Crippen molar-refractivity contribution in [2.45, 2.75) is 65.7 Å². The molecule has 0 heterocycles. The minimum Gasteiger partial charge on any atom is -0.258 e. The molecule has 0 amide bonds. The summed E-state index contributed by atoms with van der Waals surface area (Å²) >= 11 is 0. The van der Waals surface area contributed by atoms with Gasteiger partial charge in [0.15, 0.2) is 0 Å². The minimum absolute atomic E-state index is 0.0755. The average molecular weight is 442 g/mol. The van der Waals surface area contributed by atoms with Gasteiger partial charge in [0, 0.05) is 12.1 Å². The number of nitrogens with zero attached hydrogens (tertiary/aromatic N) is 1. The summed E-state index contributed by atoms with van der Waals surface area (Å²) in [5.74, 6) is 0. The smallest absolute Gasteiger partial charge is 0.258 e. The predicted molar refractivity (Wildman–Crippen MR) is 140 cm³/mol. The molecule has 0 aliphatic carbocycles. The Labute approximate surface area is 198 Å². The van der Waals surface area contributed by atoms with Crippen molar-refractivity contribution >= 4 is 16.8 Å². The van der Waals surface area contributed by atoms with Crippen LogP contribution in [0.4, 0.5) is 5.69 Å². The van der Waals surface area contributed by atoms with Crippen LogP contribution in [0.2, 0.25) is 0 Å². The van der Waals surface area contributed by atoms with Crippen LogP contribution >= 0.6 is 0 Å². The Morgan fingerprint density at radius 1 is 0.667 bits per heavy atom. The van der Waals surface area contributed by atoms with Gasteiger partial charge in [-0.2, -0.15) is 0 Å². The lowest BCUT2D eigenvalue weighted by atomic mass is 9.83. The molecule has 3 nitrogen and oxygen atoms in total. The Morgan fingerprint density at radius 3 is 1.36 bits per heavy atom. The largest absolute Gasteiger partial charge is 0.269 e. The zero-order valence-electron chi connectivity index (χ0n) is 20.9. The van der Waals surface area contributed by atoms with E-state index in [4.69, 9.17) is 0 Å². The Hall–Kier alpha value is -3.20. The highest BCUT2D eigenvalue weighted by atomic mass is 16.6. The van der Waals surface area contributed by atoms with Gasteiger partial charge in [-0.3, -0.25) is 10.1 Å². The number of rotatable bonds is 5. The number of hydrogen-bond acceptors (Lipinski definition) is 2. The van der Waals surface area contributed by atoms with E-state index < -0.39 is 0 Å². The van der Waals surface area contributed by atoms with Crippen molar-refractivity contribution < 1.29 is 4.92 Å². The number of allylic oxidation sites excluding steroid dienone is 1. The molecule has 33 heavy (non-hydrogen) atoms. The van der Waals surface area contributed by atoms with E-state index >= 15 is 0 Å².